The van der Waals surface area contributed by atoms with Crippen molar-refractivity contribution in [2.24, 2.45) is 0 Å². The molecule has 0 spiro atoms. The topological polar surface area (TPSA) is 25.2 Å². The summed E-state index contributed by atoms with van der Waals surface area (Å²) in [5, 5.41) is 4.37. The summed E-state index contributed by atoms with van der Waals surface area (Å²) >= 11 is 5.96. The van der Waals surface area contributed by atoms with Crippen LogP contribution in [0.4, 0.5) is 0 Å². The number of nitrogens with one attached hydrogen (secondary N) is 1. The minimum atomic E-state index is 0.270. The van der Waals surface area contributed by atoms with Crippen molar-refractivity contribution >= 4 is 11.6 Å². The maximum Gasteiger partial charge on any atom is 0.111 e. The summed E-state index contributed by atoms with van der Waals surface area (Å²) in [7, 11) is 0. The zero-order valence-electron chi connectivity index (χ0n) is 13.8. The van der Waals surface area contributed by atoms with Crippen LogP contribution >= 0.6 is 11.6 Å². The Balaban J connectivity index is 1.63. The normalized spacial score (nSPS) is 13.6. The molecular weight excluding hydrogens is 318 g/mol. The molecule has 0 saturated carbocycles. The van der Waals surface area contributed by atoms with Crippen LogP contribution in [0.25, 0.3) is 0 Å². The van der Waals surface area contributed by atoms with E-state index in [2.05, 4.69) is 54.7 Å². The largest absolute Gasteiger partial charge is 0.469 e. The van der Waals surface area contributed by atoms with E-state index in [0.717, 1.165) is 23.7 Å². The molecule has 1 N–H and O–H groups in total. The number of benzene rings is 2. The first kappa shape index (κ1) is 16.8. The summed E-state index contributed by atoms with van der Waals surface area (Å²) in [6.07, 6.45) is 2.73. The molecule has 2 nitrogen and oxygen atoms in total. The molecule has 3 rings (SSSR count). The average molecular weight is 340 g/mol. The SMILES string of the molecule is C[C@@H](NCC[C@@H](c1ccccc1)c1ccco1)c1ccc(Cl)cc1. The fourth-order valence-electron chi connectivity index (χ4n) is 2.96. The smallest absolute Gasteiger partial charge is 0.111 e. The molecule has 0 aliphatic carbocycles. The Labute approximate surface area is 148 Å². The summed E-state index contributed by atoms with van der Waals surface area (Å²) in [5.74, 6) is 1.29. The van der Waals surface area contributed by atoms with Gasteiger partial charge in [0.15, 0.2) is 0 Å². The molecule has 0 aliphatic heterocycles. The van der Waals surface area contributed by atoms with Gasteiger partial charge in [-0.25, -0.2) is 0 Å². The third-order valence-electron chi connectivity index (χ3n) is 4.34. The van der Waals surface area contributed by atoms with Crippen LogP contribution in [0.15, 0.2) is 77.4 Å². The molecule has 24 heavy (non-hydrogen) atoms. The standard InChI is InChI=1S/C21H22ClNO/c1-16(17-9-11-19(22)12-10-17)23-14-13-20(21-8-5-15-24-21)18-6-3-2-4-7-18/h2-12,15-16,20,23H,13-14H2,1H3/t16-,20+/m1/s1. The molecule has 2 atom stereocenters. The summed E-state index contributed by atoms with van der Waals surface area (Å²) in [6.45, 7) is 3.08. The van der Waals surface area contributed by atoms with Gasteiger partial charge in [0.25, 0.3) is 0 Å². The molecule has 0 bridgehead atoms. The highest BCUT2D eigenvalue weighted by molar-refractivity contribution is 6.30. The van der Waals surface area contributed by atoms with Gasteiger partial charge < -0.3 is 9.73 Å². The molecule has 2 aromatic carbocycles. The molecule has 0 fully saturated rings. The Morgan fingerprint density at radius 1 is 0.917 bits per heavy atom. The summed E-state index contributed by atoms with van der Waals surface area (Å²) in [5.41, 5.74) is 2.53. The quantitative estimate of drug-likeness (QED) is 0.588. The number of hydrogen-bond acceptors (Lipinski definition) is 2. The summed E-state index contributed by atoms with van der Waals surface area (Å²) < 4.78 is 5.66. The predicted molar refractivity (Wildman–Crippen MR) is 99.5 cm³/mol. The molecule has 3 aromatic rings. The lowest BCUT2D eigenvalue weighted by Crippen LogP contribution is -2.21. The van der Waals surface area contributed by atoms with E-state index in [4.69, 9.17) is 16.0 Å². The van der Waals surface area contributed by atoms with E-state index in [0.29, 0.717) is 0 Å². The minimum Gasteiger partial charge on any atom is -0.469 e. The van der Waals surface area contributed by atoms with E-state index in [-0.39, 0.29) is 12.0 Å². The second-order valence-corrected chi connectivity index (χ2v) is 6.43. The van der Waals surface area contributed by atoms with Crippen molar-refractivity contribution in [1.82, 2.24) is 5.32 Å². The van der Waals surface area contributed by atoms with Crippen molar-refractivity contribution in [3.05, 3.63) is 94.9 Å². The van der Waals surface area contributed by atoms with Gasteiger partial charge in [0.1, 0.15) is 5.76 Å². The van der Waals surface area contributed by atoms with Crippen molar-refractivity contribution in [2.75, 3.05) is 6.54 Å². The molecule has 1 aromatic heterocycles. The first-order valence-corrected chi connectivity index (χ1v) is 8.69. The Morgan fingerprint density at radius 2 is 1.67 bits per heavy atom. The first-order valence-electron chi connectivity index (χ1n) is 8.31. The second kappa shape index (κ2) is 8.18. The molecule has 0 aliphatic rings. The Bertz CT molecular complexity index is 722. The highest BCUT2D eigenvalue weighted by Crippen LogP contribution is 2.28. The Hall–Kier alpha value is -2.03. The van der Waals surface area contributed by atoms with Gasteiger partial charge in [0.05, 0.1) is 6.26 Å². The number of halogens is 1. The first-order chi connectivity index (χ1) is 11.7. The van der Waals surface area contributed by atoms with Gasteiger partial charge in [0.2, 0.25) is 0 Å². The van der Waals surface area contributed by atoms with Gasteiger partial charge in [-0.1, -0.05) is 54.1 Å². The lowest BCUT2D eigenvalue weighted by atomic mass is 9.93. The van der Waals surface area contributed by atoms with Gasteiger partial charge >= 0.3 is 0 Å². The third kappa shape index (κ3) is 4.28. The average Bonchev–Trinajstić information content (AvgIpc) is 3.14. The van der Waals surface area contributed by atoms with E-state index in [1.165, 1.54) is 11.1 Å². The van der Waals surface area contributed by atoms with Gasteiger partial charge in [-0.15, -0.1) is 0 Å². The maximum absolute atomic E-state index is 5.96. The zero-order valence-corrected chi connectivity index (χ0v) is 14.5. The fourth-order valence-corrected chi connectivity index (χ4v) is 3.09. The molecular formula is C21H22ClNO. The van der Waals surface area contributed by atoms with E-state index in [9.17, 15) is 0 Å². The number of hydrogen-bond donors (Lipinski definition) is 1. The molecule has 1 heterocycles. The third-order valence-corrected chi connectivity index (χ3v) is 4.59. The van der Waals surface area contributed by atoms with E-state index in [1.54, 1.807) is 6.26 Å². The van der Waals surface area contributed by atoms with Crippen molar-refractivity contribution in [3.8, 4) is 0 Å². The second-order valence-electron chi connectivity index (χ2n) is 5.99. The highest BCUT2D eigenvalue weighted by Gasteiger charge is 2.17. The Morgan fingerprint density at radius 3 is 2.33 bits per heavy atom. The highest BCUT2D eigenvalue weighted by atomic mass is 35.5. The summed E-state index contributed by atoms with van der Waals surface area (Å²) in [4.78, 5) is 0. The van der Waals surface area contributed by atoms with Gasteiger partial charge in [-0.05, 0) is 55.3 Å². The van der Waals surface area contributed by atoms with Crippen LogP contribution in [0.3, 0.4) is 0 Å². The maximum atomic E-state index is 5.96. The van der Waals surface area contributed by atoms with Crippen LogP contribution in [-0.2, 0) is 0 Å². The summed E-state index contributed by atoms with van der Waals surface area (Å²) in [6, 6.07) is 22.8. The molecule has 0 saturated heterocycles. The van der Waals surface area contributed by atoms with Crippen LogP contribution in [0.1, 0.15) is 42.2 Å². The van der Waals surface area contributed by atoms with Gasteiger partial charge in [0, 0.05) is 17.0 Å². The van der Waals surface area contributed by atoms with Crippen LogP contribution in [0, 0.1) is 0 Å². The lowest BCUT2D eigenvalue weighted by molar-refractivity contribution is 0.457. The van der Waals surface area contributed by atoms with Crippen molar-refractivity contribution < 1.29 is 4.42 Å². The number of furan rings is 1. The lowest BCUT2D eigenvalue weighted by Gasteiger charge is -2.19. The van der Waals surface area contributed by atoms with E-state index in [1.807, 2.05) is 24.3 Å². The van der Waals surface area contributed by atoms with Crippen molar-refractivity contribution in [3.63, 3.8) is 0 Å². The molecule has 0 unspecified atom stereocenters. The van der Waals surface area contributed by atoms with Gasteiger partial charge in [-0.3, -0.25) is 0 Å². The van der Waals surface area contributed by atoms with Crippen LogP contribution in [0.5, 0.6) is 0 Å². The molecule has 0 radical (unpaired) electrons. The van der Waals surface area contributed by atoms with Crippen molar-refractivity contribution in [2.45, 2.75) is 25.3 Å². The van der Waals surface area contributed by atoms with E-state index >= 15 is 0 Å². The zero-order chi connectivity index (χ0) is 16.8. The molecule has 124 valence electrons. The number of rotatable bonds is 7. The van der Waals surface area contributed by atoms with Crippen LogP contribution in [0.2, 0.25) is 5.02 Å². The molecule has 3 heteroatoms. The molecule has 0 amide bonds. The predicted octanol–water partition coefficient (Wildman–Crippen LogP) is 5.81. The van der Waals surface area contributed by atoms with Crippen LogP contribution in [-0.4, -0.2) is 6.54 Å². The van der Waals surface area contributed by atoms with Crippen LogP contribution < -0.4 is 5.32 Å². The fraction of sp³-hybridized carbons (Fsp3) is 0.238. The van der Waals surface area contributed by atoms with Crippen molar-refractivity contribution in [1.29, 1.82) is 0 Å². The monoisotopic (exact) mass is 339 g/mol. The Kier molecular flexibility index (Phi) is 5.73. The van der Waals surface area contributed by atoms with E-state index < -0.39 is 0 Å². The van der Waals surface area contributed by atoms with Gasteiger partial charge in [-0.2, -0.15) is 0 Å². The minimum absolute atomic E-state index is 0.270.